The maximum Gasteiger partial charge on any atom is 0.251 e. The highest BCUT2D eigenvalue weighted by Gasteiger charge is 2.28. The number of carbonyl (C=O) groups is 2. The summed E-state index contributed by atoms with van der Waals surface area (Å²) in [6, 6.07) is 1.90. The number of aryl methyl sites for hydroxylation is 1. The van der Waals surface area contributed by atoms with Crippen LogP contribution >= 0.6 is 0 Å². The number of nitrogens with zero attached hydrogens (tertiary/aromatic N) is 2. The summed E-state index contributed by atoms with van der Waals surface area (Å²) in [5, 5.41) is 5.39. The first-order chi connectivity index (χ1) is 16.9. The van der Waals surface area contributed by atoms with Gasteiger partial charge in [-0.2, -0.15) is 0 Å². The van der Waals surface area contributed by atoms with E-state index in [1.807, 2.05) is 20.8 Å². The number of primary amides is 1. The molecule has 0 spiro atoms. The number of nitrogens with one attached hydrogen (secondary N) is 2. The predicted octanol–water partition coefficient (Wildman–Crippen LogP) is 2.33. The van der Waals surface area contributed by atoms with E-state index in [1.54, 1.807) is 6.92 Å². The van der Waals surface area contributed by atoms with Gasteiger partial charge in [-0.1, -0.05) is 0 Å². The van der Waals surface area contributed by atoms with Crippen LogP contribution in [0.5, 0.6) is 5.75 Å². The number of aliphatic imine (C=N–C) groups is 2. The summed E-state index contributed by atoms with van der Waals surface area (Å²) >= 11 is 0. The maximum absolute atomic E-state index is 14.9. The van der Waals surface area contributed by atoms with Gasteiger partial charge in [-0.25, -0.2) is 8.78 Å². The SMILES string of the molecule is Cc1cc(CC(=O)N/C(C=NC(C)(C)C)=C/N)c(F)cc1OC1=C2C=C(C(N)=O)C(F)=CC2N=CN1. The standard InChI is InChI=1S/C25H28F2N6O3/c1-13-5-14(6-22(34)33-15(10-28)11-32-25(2,3)4)18(26)9-21(13)36-24-17-7-16(23(29)35)19(27)8-20(17)30-12-31-24/h5,7-12,20H,6,28H2,1-4H3,(H2,29,35)(H,30,31)(H,33,34)/b15-10+,32-11?. The fourth-order valence-corrected chi connectivity index (χ4v) is 3.32. The maximum atomic E-state index is 14.9. The van der Waals surface area contributed by atoms with Crippen molar-refractivity contribution in [2.45, 2.75) is 45.7 Å². The molecule has 1 atom stereocenters. The van der Waals surface area contributed by atoms with Crippen LogP contribution in [0.4, 0.5) is 8.78 Å². The highest BCUT2D eigenvalue weighted by molar-refractivity contribution is 5.97. The molecule has 2 amide bonds. The minimum Gasteiger partial charge on any atom is -0.440 e. The van der Waals surface area contributed by atoms with Gasteiger partial charge in [0, 0.05) is 24.1 Å². The Bertz CT molecular complexity index is 1270. The van der Waals surface area contributed by atoms with E-state index in [4.69, 9.17) is 16.2 Å². The second kappa shape index (κ2) is 10.5. The third-order valence-corrected chi connectivity index (χ3v) is 5.10. The van der Waals surface area contributed by atoms with E-state index >= 15 is 0 Å². The molecule has 6 N–H and O–H groups in total. The summed E-state index contributed by atoms with van der Waals surface area (Å²) in [6.45, 7) is 7.36. The zero-order valence-corrected chi connectivity index (χ0v) is 20.4. The quantitative estimate of drug-likeness (QED) is 0.427. The number of allylic oxidation sites excluding steroid dienone is 1. The summed E-state index contributed by atoms with van der Waals surface area (Å²) in [5.41, 5.74) is 11.5. The molecule has 0 saturated heterocycles. The van der Waals surface area contributed by atoms with E-state index < -0.39 is 29.5 Å². The van der Waals surface area contributed by atoms with Crippen LogP contribution in [0.3, 0.4) is 0 Å². The van der Waals surface area contributed by atoms with Gasteiger partial charge in [0.2, 0.25) is 11.8 Å². The van der Waals surface area contributed by atoms with Crippen molar-refractivity contribution in [3.63, 3.8) is 0 Å². The minimum absolute atomic E-state index is 0.140. The molecule has 0 bridgehead atoms. The van der Waals surface area contributed by atoms with E-state index in [0.29, 0.717) is 16.8 Å². The van der Waals surface area contributed by atoms with Crippen molar-refractivity contribution < 1.29 is 23.1 Å². The number of halogens is 2. The number of benzene rings is 1. The molecule has 36 heavy (non-hydrogen) atoms. The van der Waals surface area contributed by atoms with Gasteiger partial charge in [0.25, 0.3) is 5.91 Å². The van der Waals surface area contributed by atoms with E-state index in [2.05, 4.69) is 20.6 Å². The normalized spacial score (nSPS) is 17.8. The van der Waals surface area contributed by atoms with Crippen molar-refractivity contribution in [2.75, 3.05) is 0 Å². The lowest BCUT2D eigenvalue weighted by molar-refractivity contribution is -0.119. The molecule has 0 aromatic heterocycles. The monoisotopic (exact) mass is 498 g/mol. The summed E-state index contributed by atoms with van der Waals surface area (Å²) in [7, 11) is 0. The first-order valence-electron chi connectivity index (χ1n) is 11.0. The molecule has 3 rings (SSSR count). The predicted molar refractivity (Wildman–Crippen MR) is 133 cm³/mol. The highest BCUT2D eigenvalue weighted by Crippen LogP contribution is 2.31. The van der Waals surface area contributed by atoms with Crippen molar-refractivity contribution in [3.8, 4) is 5.75 Å². The Morgan fingerprint density at radius 3 is 2.67 bits per heavy atom. The Balaban J connectivity index is 1.79. The smallest absolute Gasteiger partial charge is 0.251 e. The van der Waals surface area contributed by atoms with Crippen LogP contribution in [0.1, 0.15) is 31.9 Å². The molecular formula is C25H28F2N6O3. The molecule has 1 aliphatic heterocycles. The second-order valence-corrected chi connectivity index (χ2v) is 9.18. The molecule has 1 aliphatic carbocycles. The van der Waals surface area contributed by atoms with Crippen LogP contribution in [0.2, 0.25) is 0 Å². The Morgan fingerprint density at radius 1 is 1.31 bits per heavy atom. The molecule has 1 unspecified atom stereocenters. The molecule has 1 aromatic rings. The van der Waals surface area contributed by atoms with Crippen molar-refractivity contribution >= 4 is 24.4 Å². The molecule has 190 valence electrons. The van der Waals surface area contributed by atoms with E-state index in [-0.39, 0.29) is 34.7 Å². The van der Waals surface area contributed by atoms with Gasteiger partial charge < -0.3 is 26.8 Å². The van der Waals surface area contributed by atoms with Crippen molar-refractivity contribution in [3.05, 3.63) is 76.0 Å². The Kier molecular flexibility index (Phi) is 7.71. The highest BCUT2D eigenvalue weighted by atomic mass is 19.1. The van der Waals surface area contributed by atoms with Gasteiger partial charge in [0.05, 0.1) is 29.6 Å². The van der Waals surface area contributed by atoms with Gasteiger partial charge >= 0.3 is 0 Å². The van der Waals surface area contributed by atoms with E-state index in [0.717, 1.165) is 12.1 Å². The molecule has 0 fully saturated rings. The number of fused-ring (bicyclic) bond motifs is 1. The van der Waals surface area contributed by atoms with Gasteiger partial charge in [-0.15, -0.1) is 0 Å². The summed E-state index contributed by atoms with van der Waals surface area (Å²) in [5.74, 6) is -2.56. The van der Waals surface area contributed by atoms with Gasteiger partial charge in [-0.3, -0.25) is 19.6 Å². The Hall–Kier alpha value is -4.28. The van der Waals surface area contributed by atoms with Crippen molar-refractivity contribution in [1.82, 2.24) is 10.6 Å². The van der Waals surface area contributed by atoms with E-state index in [1.165, 1.54) is 30.9 Å². The lowest BCUT2D eigenvalue weighted by atomic mass is 9.96. The van der Waals surface area contributed by atoms with Crippen LogP contribution in [0.15, 0.2) is 69.0 Å². The number of carbonyl (C=O) groups excluding carboxylic acids is 2. The lowest BCUT2D eigenvalue weighted by Crippen LogP contribution is -2.30. The molecule has 9 nitrogen and oxygen atoms in total. The number of nitrogens with two attached hydrogens (primary N) is 2. The van der Waals surface area contributed by atoms with Crippen LogP contribution < -0.4 is 26.8 Å². The number of hydrogen-bond donors (Lipinski definition) is 4. The average molecular weight is 499 g/mol. The van der Waals surface area contributed by atoms with E-state index in [9.17, 15) is 18.4 Å². The van der Waals surface area contributed by atoms with Gasteiger partial charge in [-0.05, 0) is 57.0 Å². The van der Waals surface area contributed by atoms with Crippen LogP contribution in [0.25, 0.3) is 0 Å². The van der Waals surface area contributed by atoms with Crippen molar-refractivity contribution in [1.29, 1.82) is 0 Å². The third-order valence-electron chi connectivity index (χ3n) is 5.10. The third kappa shape index (κ3) is 6.44. The molecule has 1 heterocycles. The molecule has 1 aromatic carbocycles. The van der Waals surface area contributed by atoms with Crippen LogP contribution in [0, 0.1) is 12.7 Å². The summed E-state index contributed by atoms with van der Waals surface area (Å²) in [4.78, 5) is 32.4. The number of hydrogen-bond acceptors (Lipinski definition) is 7. The van der Waals surface area contributed by atoms with Crippen LogP contribution in [-0.4, -0.2) is 35.9 Å². The second-order valence-electron chi connectivity index (χ2n) is 9.18. The number of amides is 2. The fraction of sp³-hybridized carbons (Fsp3) is 0.280. The number of rotatable bonds is 7. The molecular weight excluding hydrogens is 470 g/mol. The minimum atomic E-state index is -0.939. The number of ether oxygens (including phenoxy) is 1. The van der Waals surface area contributed by atoms with Gasteiger partial charge in [0.15, 0.2) is 0 Å². The first kappa shape index (κ1) is 26.3. The topological polar surface area (TPSA) is 144 Å². The van der Waals surface area contributed by atoms with Gasteiger partial charge in [0.1, 0.15) is 23.4 Å². The summed E-state index contributed by atoms with van der Waals surface area (Å²) in [6.07, 6.45) is 6.11. The molecule has 0 radical (unpaired) electrons. The molecule has 11 heteroatoms. The molecule has 0 saturated carbocycles. The fourth-order valence-electron chi connectivity index (χ4n) is 3.32. The molecule has 2 aliphatic rings. The Labute approximate surface area is 207 Å². The zero-order valence-electron chi connectivity index (χ0n) is 20.4. The summed E-state index contributed by atoms with van der Waals surface area (Å²) < 4.78 is 34.9. The first-order valence-corrected chi connectivity index (χ1v) is 11.0. The van der Waals surface area contributed by atoms with Crippen molar-refractivity contribution in [2.24, 2.45) is 21.5 Å². The Morgan fingerprint density at radius 2 is 2.03 bits per heavy atom. The average Bonchev–Trinajstić information content (AvgIpc) is 2.78. The largest absolute Gasteiger partial charge is 0.440 e. The lowest BCUT2D eigenvalue weighted by Gasteiger charge is -2.24. The van der Waals surface area contributed by atoms with Crippen LogP contribution in [-0.2, 0) is 16.0 Å². The zero-order chi connectivity index (χ0) is 26.6.